The first-order valence-corrected chi connectivity index (χ1v) is 9.49. The summed E-state index contributed by atoms with van der Waals surface area (Å²) in [5, 5.41) is 0. The molecule has 2 aromatic rings. The van der Waals surface area contributed by atoms with E-state index in [2.05, 4.69) is 23.8 Å². The molecule has 7 heteroatoms. The maximum Gasteiger partial charge on any atom is 0.295 e. The summed E-state index contributed by atoms with van der Waals surface area (Å²) in [5.41, 5.74) is 1.23. The summed E-state index contributed by atoms with van der Waals surface area (Å²) in [5.74, 6) is 0.794. The van der Waals surface area contributed by atoms with E-state index in [9.17, 15) is 9.59 Å². The Bertz CT molecular complexity index is 835. The zero-order chi connectivity index (χ0) is 18.7. The lowest BCUT2D eigenvalue weighted by Crippen LogP contribution is -2.52. The molecule has 3 heterocycles. The van der Waals surface area contributed by atoms with Crippen LogP contribution >= 0.6 is 0 Å². The van der Waals surface area contributed by atoms with Gasteiger partial charge in [0, 0.05) is 44.8 Å². The summed E-state index contributed by atoms with van der Waals surface area (Å²) in [7, 11) is 0. The number of rotatable bonds is 5. The van der Waals surface area contributed by atoms with Gasteiger partial charge in [-0.15, -0.1) is 0 Å². The van der Waals surface area contributed by atoms with Crippen molar-refractivity contribution in [2.45, 2.75) is 40.2 Å². The molecule has 0 saturated carbocycles. The van der Waals surface area contributed by atoms with Gasteiger partial charge in [-0.05, 0) is 31.9 Å². The molecule has 0 aromatic carbocycles. The number of aryl methyl sites for hydroxylation is 1. The Hall–Kier alpha value is -2.44. The molecule has 1 aliphatic heterocycles. The number of nitrogens with zero attached hydrogens (tertiary/aromatic N) is 5. The highest BCUT2D eigenvalue weighted by Crippen LogP contribution is 2.17. The summed E-state index contributed by atoms with van der Waals surface area (Å²) < 4.78 is 1.67. The van der Waals surface area contributed by atoms with E-state index in [1.807, 2.05) is 28.9 Å². The van der Waals surface area contributed by atoms with Gasteiger partial charge in [0.05, 0.1) is 0 Å². The van der Waals surface area contributed by atoms with E-state index in [4.69, 9.17) is 0 Å². The molecule has 3 rings (SSSR count). The summed E-state index contributed by atoms with van der Waals surface area (Å²) >= 11 is 0. The number of fused-ring (bicyclic) bond motifs is 1. The van der Waals surface area contributed by atoms with Crippen molar-refractivity contribution in [3.63, 3.8) is 0 Å². The number of carbonyl (C=O) groups is 1. The van der Waals surface area contributed by atoms with Crippen molar-refractivity contribution in [3.8, 4) is 0 Å². The molecule has 140 valence electrons. The maximum absolute atomic E-state index is 12.9. The predicted octanol–water partition coefficient (Wildman–Crippen LogP) is 1.90. The molecule has 1 fully saturated rings. The highest BCUT2D eigenvalue weighted by atomic mass is 16.2. The van der Waals surface area contributed by atoms with E-state index >= 15 is 0 Å². The topological polar surface area (TPSA) is 71.3 Å². The molecule has 1 aliphatic rings. The zero-order valence-corrected chi connectivity index (χ0v) is 15.8. The van der Waals surface area contributed by atoms with Gasteiger partial charge >= 0.3 is 0 Å². The molecule has 0 aliphatic carbocycles. The molecule has 2 aromatic heterocycles. The summed E-state index contributed by atoms with van der Waals surface area (Å²) in [6.07, 6.45) is 3.42. The first-order chi connectivity index (χ1) is 12.6. The first kappa shape index (κ1) is 18.4. The second kappa shape index (κ2) is 7.85. The van der Waals surface area contributed by atoms with Gasteiger partial charge in [0.1, 0.15) is 5.52 Å². The van der Waals surface area contributed by atoms with E-state index < -0.39 is 0 Å². The second-order valence-electron chi connectivity index (χ2n) is 6.66. The maximum atomic E-state index is 12.9. The predicted molar refractivity (Wildman–Crippen MR) is 102 cm³/mol. The molecule has 7 nitrogen and oxygen atoms in total. The minimum absolute atomic E-state index is 0.101. The zero-order valence-electron chi connectivity index (χ0n) is 15.8. The minimum Gasteiger partial charge on any atom is -0.348 e. The summed E-state index contributed by atoms with van der Waals surface area (Å²) in [6, 6.07) is 3.71. The molecule has 1 amide bonds. The Balaban J connectivity index is 1.83. The standard InChI is InChI=1S/C19H27N5O2/c1-4-14(5-2)18(25)23-12-10-22(11-13-23)17-19(26)24(6-3)16-15(21-17)8-7-9-20-16/h7-9,14H,4-6,10-13H2,1-3H3. The number of piperazine rings is 1. The van der Waals surface area contributed by atoms with Crippen LogP contribution in [0.25, 0.3) is 11.2 Å². The second-order valence-corrected chi connectivity index (χ2v) is 6.66. The van der Waals surface area contributed by atoms with E-state index in [1.54, 1.807) is 10.8 Å². The van der Waals surface area contributed by atoms with Crippen molar-refractivity contribution in [1.82, 2.24) is 19.4 Å². The minimum atomic E-state index is -0.113. The number of aromatic nitrogens is 3. The lowest BCUT2D eigenvalue weighted by Gasteiger charge is -2.36. The smallest absolute Gasteiger partial charge is 0.295 e. The Morgan fingerprint density at radius 1 is 1.15 bits per heavy atom. The molecule has 0 spiro atoms. The monoisotopic (exact) mass is 357 g/mol. The van der Waals surface area contributed by atoms with E-state index in [1.165, 1.54) is 0 Å². The number of amides is 1. The van der Waals surface area contributed by atoms with Crippen LogP contribution < -0.4 is 10.5 Å². The SMILES string of the molecule is CCC(CC)C(=O)N1CCN(c2nc3cccnc3n(CC)c2=O)CC1. The van der Waals surface area contributed by atoms with E-state index in [-0.39, 0.29) is 17.4 Å². The number of anilines is 1. The Kier molecular flexibility index (Phi) is 5.54. The van der Waals surface area contributed by atoms with E-state index in [0.717, 1.165) is 18.4 Å². The number of hydrogen-bond acceptors (Lipinski definition) is 5. The lowest BCUT2D eigenvalue weighted by molar-refractivity contribution is -0.136. The molecule has 0 radical (unpaired) electrons. The van der Waals surface area contributed by atoms with Crippen LogP contribution in [-0.2, 0) is 11.3 Å². The third-order valence-corrected chi connectivity index (χ3v) is 5.23. The molecule has 0 unspecified atom stereocenters. The molecule has 0 atom stereocenters. The van der Waals surface area contributed by atoms with Crippen LogP contribution in [0.1, 0.15) is 33.6 Å². The van der Waals surface area contributed by atoms with Crippen molar-refractivity contribution in [2.24, 2.45) is 5.92 Å². The van der Waals surface area contributed by atoms with Crippen LogP contribution in [0.15, 0.2) is 23.1 Å². The molecule has 0 N–H and O–H groups in total. The summed E-state index contributed by atoms with van der Waals surface area (Å²) in [6.45, 7) is 9.13. The third-order valence-electron chi connectivity index (χ3n) is 5.23. The molecule has 1 saturated heterocycles. The third kappa shape index (κ3) is 3.30. The van der Waals surface area contributed by atoms with E-state index in [0.29, 0.717) is 44.2 Å². The number of pyridine rings is 1. The van der Waals surface area contributed by atoms with Crippen LogP contribution in [0, 0.1) is 5.92 Å². The lowest BCUT2D eigenvalue weighted by atomic mass is 10.0. The number of hydrogen-bond donors (Lipinski definition) is 0. The van der Waals surface area contributed by atoms with Gasteiger partial charge in [0.25, 0.3) is 5.56 Å². The molecular formula is C19H27N5O2. The van der Waals surface area contributed by atoms with Gasteiger partial charge in [0.2, 0.25) is 5.91 Å². The fraction of sp³-hybridized carbons (Fsp3) is 0.579. The Morgan fingerprint density at radius 2 is 1.85 bits per heavy atom. The van der Waals surface area contributed by atoms with Crippen LogP contribution in [0.4, 0.5) is 5.82 Å². The van der Waals surface area contributed by atoms with Crippen molar-refractivity contribution in [3.05, 3.63) is 28.7 Å². The van der Waals surface area contributed by atoms with Crippen LogP contribution in [0.5, 0.6) is 0 Å². The Morgan fingerprint density at radius 3 is 2.46 bits per heavy atom. The average Bonchev–Trinajstić information content (AvgIpc) is 2.68. The normalized spacial score (nSPS) is 15.1. The fourth-order valence-electron chi connectivity index (χ4n) is 3.60. The van der Waals surface area contributed by atoms with Crippen molar-refractivity contribution >= 4 is 22.9 Å². The largest absolute Gasteiger partial charge is 0.348 e. The first-order valence-electron chi connectivity index (χ1n) is 9.49. The van der Waals surface area contributed by atoms with Gasteiger partial charge in [-0.1, -0.05) is 13.8 Å². The Labute approximate surface area is 153 Å². The van der Waals surface area contributed by atoms with Gasteiger partial charge in [0.15, 0.2) is 11.5 Å². The van der Waals surface area contributed by atoms with Gasteiger partial charge < -0.3 is 9.80 Å². The summed E-state index contributed by atoms with van der Waals surface area (Å²) in [4.78, 5) is 38.2. The highest BCUT2D eigenvalue weighted by Gasteiger charge is 2.27. The van der Waals surface area contributed by atoms with Crippen LogP contribution in [0.2, 0.25) is 0 Å². The molecular weight excluding hydrogens is 330 g/mol. The van der Waals surface area contributed by atoms with Gasteiger partial charge in [-0.3, -0.25) is 14.2 Å². The van der Waals surface area contributed by atoms with Crippen molar-refractivity contribution in [2.75, 3.05) is 31.1 Å². The average molecular weight is 357 g/mol. The highest BCUT2D eigenvalue weighted by molar-refractivity contribution is 5.79. The van der Waals surface area contributed by atoms with Crippen molar-refractivity contribution in [1.29, 1.82) is 0 Å². The van der Waals surface area contributed by atoms with Crippen molar-refractivity contribution < 1.29 is 4.79 Å². The van der Waals surface area contributed by atoms with Gasteiger partial charge in [-0.2, -0.15) is 0 Å². The quantitative estimate of drug-likeness (QED) is 0.817. The van der Waals surface area contributed by atoms with Gasteiger partial charge in [-0.25, -0.2) is 9.97 Å². The molecule has 26 heavy (non-hydrogen) atoms. The molecule has 0 bridgehead atoms. The number of carbonyl (C=O) groups excluding carboxylic acids is 1. The fourth-order valence-corrected chi connectivity index (χ4v) is 3.60. The van der Waals surface area contributed by atoms with Crippen LogP contribution in [-0.4, -0.2) is 51.5 Å². The van der Waals surface area contributed by atoms with Crippen LogP contribution in [0.3, 0.4) is 0 Å².